The van der Waals surface area contributed by atoms with Crippen molar-refractivity contribution in [1.29, 1.82) is 0 Å². The number of carbonyl (C=O) groups is 1. The van der Waals surface area contributed by atoms with Crippen molar-refractivity contribution in [1.82, 2.24) is 9.62 Å². The molecule has 1 N–H and O–H groups in total. The van der Waals surface area contributed by atoms with E-state index >= 15 is 0 Å². The monoisotopic (exact) mass is 418 g/mol. The number of sulfonamides is 1. The molecule has 0 aromatic heterocycles. The molecule has 0 fully saturated rings. The van der Waals surface area contributed by atoms with Gasteiger partial charge in [0.05, 0.1) is 12.9 Å². The second kappa shape index (κ2) is 9.28. The maximum absolute atomic E-state index is 12.6. The Balaban J connectivity index is 1.47. The Morgan fingerprint density at radius 3 is 2.72 bits per heavy atom. The van der Waals surface area contributed by atoms with Crippen LogP contribution < -0.4 is 14.8 Å². The van der Waals surface area contributed by atoms with Gasteiger partial charge < -0.3 is 14.8 Å². The lowest BCUT2D eigenvalue weighted by Crippen LogP contribution is -2.41. The van der Waals surface area contributed by atoms with Crippen LogP contribution in [-0.4, -0.2) is 51.2 Å². The third-order valence-electron chi connectivity index (χ3n) is 4.92. The van der Waals surface area contributed by atoms with Crippen LogP contribution in [0.3, 0.4) is 0 Å². The highest BCUT2D eigenvalue weighted by Gasteiger charge is 2.26. The zero-order valence-corrected chi connectivity index (χ0v) is 17.5. The fourth-order valence-corrected chi connectivity index (χ4v) is 4.55. The van der Waals surface area contributed by atoms with E-state index < -0.39 is 10.0 Å². The summed E-state index contributed by atoms with van der Waals surface area (Å²) in [5, 5.41) is 2.62. The zero-order chi connectivity index (χ0) is 20.9. The maximum atomic E-state index is 12.6. The van der Waals surface area contributed by atoms with Crippen molar-refractivity contribution in [2.45, 2.75) is 19.9 Å². The van der Waals surface area contributed by atoms with Crippen LogP contribution in [0.25, 0.3) is 0 Å². The van der Waals surface area contributed by atoms with E-state index in [1.807, 2.05) is 43.3 Å². The summed E-state index contributed by atoms with van der Waals surface area (Å²) in [6.45, 7) is 2.56. The Kier molecular flexibility index (Phi) is 6.76. The van der Waals surface area contributed by atoms with Gasteiger partial charge in [-0.05, 0) is 48.2 Å². The Labute approximate surface area is 171 Å². The SMILES string of the molecule is COc1ccc2c(c1)CCN(S(=O)(=O)CCNC(=O)COc1ccccc1C)C2. The fraction of sp³-hybridized carbons (Fsp3) is 0.381. The molecule has 2 aromatic carbocycles. The van der Waals surface area contributed by atoms with Crippen molar-refractivity contribution in [2.75, 3.05) is 32.6 Å². The van der Waals surface area contributed by atoms with Crippen molar-refractivity contribution in [3.8, 4) is 11.5 Å². The van der Waals surface area contributed by atoms with Crippen LogP contribution in [0, 0.1) is 6.92 Å². The molecule has 8 heteroatoms. The normalized spacial score (nSPS) is 14.1. The van der Waals surface area contributed by atoms with E-state index in [0.717, 1.165) is 22.4 Å². The lowest BCUT2D eigenvalue weighted by molar-refractivity contribution is -0.122. The van der Waals surface area contributed by atoms with E-state index in [4.69, 9.17) is 9.47 Å². The molecule has 156 valence electrons. The van der Waals surface area contributed by atoms with Gasteiger partial charge in [-0.2, -0.15) is 4.31 Å². The highest BCUT2D eigenvalue weighted by Crippen LogP contribution is 2.25. The number of nitrogens with zero attached hydrogens (tertiary/aromatic N) is 1. The molecule has 1 heterocycles. The van der Waals surface area contributed by atoms with E-state index in [9.17, 15) is 13.2 Å². The summed E-state index contributed by atoms with van der Waals surface area (Å²) in [5.74, 6) is 0.920. The molecule has 29 heavy (non-hydrogen) atoms. The van der Waals surface area contributed by atoms with Gasteiger partial charge in [0.1, 0.15) is 11.5 Å². The summed E-state index contributed by atoms with van der Waals surface area (Å²) >= 11 is 0. The minimum absolute atomic E-state index is 0.0459. The maximum Gasteiger partial charge on any atom is 0.257 e. The predicted octanol–water partition coefficient (Wildman–Crippen LogP) is 1.89. The van der Waals surface area contributed by atoms with Gasteiger partial charge in [-0.25, -0.2) is 8.42 Å². The molecule has 0 unspecified atom stereocenters. The molecule has 1 aliphatic heterocycles. The molecule has 7 nitrogen and oxygen atoms in total. The number of ether oxygens (including phenoxy) is 2. The summed E-state index contributed by atoms with van der Waals surface area (Å²) in [4.78, 5) is 12.0. The van der Waals surface area contributed by atoms with Crippen molar-refractivity contribution < 1.29 is 22.7 Å². The van der Waals surface area contributed by atoms with E-state index in [2.05, 4.69) is 5.32 Å². The summed E-state index contributed by atoms with van der Waals surface area (Å²) in [6, 6.07) is 13.1. The van der Waals surface area contributed by atoms with Crippen LogP contribution >= 0.6 is 0 Å². The van der Waals surface area contributed by atoms with Crippen LogP contribution in [0.2, 0.25) is 0 Å². The van der Waals surface area contributed by atoms with E-state index in [1.54, 1.807) is 13.2 Å². The summed E-state index contributed by atoms with van der Waals surface area (Å²) in [7, 11) is -1.85. The molecule has 3 rings (SSSR count). The van der Waals surface area contributed by atoms with Gasteiger partial charge in [0, 0.05) is 19.6 Å². The molecule has 0 atom stereocenters. The molecule has 0 radical (unpaired) electrons. The molecule has 0 saturated heterocycles. The van der Waals surface area contributed by atoms with Gasteiger partial charge >= 0.3 is 0 Å². The van der Waals surface area contributed by atoms with Crippen molar-refractivity contribution in [3.63, 3.8) is 0 Å². The number of benzene rings is 2. The second-order valence-electron chi connectivity index (χ2n) is 6.94. The Morgan fingerprint density at radius 1 is 1.17 bits per heavy atom. The van der Waals surface area contributed by atoms with Crippen molar-refractivity contribution in [3.05, 3.63) is 59.2 Å². The molecule has 1 aliphatic rings. The van der Waals surface area contributed by atoms with Crippen molar-refractivity contribution in [2.24, 2.45) is 0 Å². The topological polar surface area (TPSA) is 84.9 Å². The number of aryl methyl sites for hydroxylation is 1. The first-order valence-electron chi connectivity index (χ1n) is 9.48. The molecule has 0 saturated carbocycles. The Hall–Kier alpha value is -2.58. The smallest absolute Gasteiger partial charge is 0.257 e. The number of hydrogen-bond donors (Lipinski definition) is 1. The quantitative estimate of drug-likeness (QED) is 0.708. The van der Waals surface area contributed by atoms with Gasteiger partial charge in [0.2, 0.25) is 10.0 Å². The Morgan fingerprint density at radius 2 is 1.97 bits per heavy atom. The molecule has 2 aromatic rings. The average Bonchev–Trinajstić information content (AvgIpc) is 2.72. The number of amides is 1. The number of nitrogens with one attached hydrogen (secondary N) is 1. The van der Waals surface area contributed by atoms with Crippen LogP contribution in [0.5, 0.6) is 11.5 Å². The first kappa shape index (κ1) is 21.1. The number of rotatable bonds is 8. The van der Waals surface area contributed by atoms with Crippen LogP contribution in [0.1, 0.15) is 16.7 Å². The van der Waals surface area contributed by atoms with Crippen LogP contribution in [-0.2, 0) is 27.8 Å². The first-order valence-corrected chi connectivity index (χ1v) is 11.1. The van der Waals surface area contributed by atoms with Gasteiger partial charge in [-0.1, -0.05) is 24.3 Å². The summed E-state index contributed by atoms with van der Waals surface area (Å²) in [6.07, 6.45) is 0.641. The molecular formula is C21H26N2O5S. The van der Waals surface area contributed by atoms with Gasteiger partial charge in [0.25, 0.3) is 5.91 Å². The lowest BCUT2D eigenvalue weighted by atomic mass is 10.0. The molecule has 0 bridgehead atoms. The van der Waals surface area contributed by atoms with E-state index in [-0.39, 0.29) is 24.8 Å². The Bertz CT molecular complexity index is 975. The number of methoxy groups -OCH3 is 1. The molecule has 1 amide bonds. The van der Waals surface area contributed by atoms with Gasteiger partial charge in [-0.15, -0.1) is 0 Å². The first-order chi connectivity index (χ1) is 13.9. The second-order valence-corrected chi connectivity index (χ2v) is 9.03. The van der Waals surface area contributed by atoms with E-state index in [0.29, 0.717) is 25.3 Å². The van der Waals surface area contributed by atoms with Crippen LogP contribution in [0.15, 0.2) is 42.5 Å². The number of fused-ring (bicyclic) bond motifs is 1. The third kappa shape index (κ3) is 5.48. The zero-order valence-electron chi connectivity index (χ0n) is 16.7. The minimum Gasteiger partial charge on any atom is -0.497 e. The highest BCUT2D eigenvalue weighted by molar-refractivity contribution is 7.89. The van der Waals surface area contributed by atoms with Crippen LogP contribution in [0.4, 0.5) is 0 Å². The number of para-hydroxylation sites is 1. The van der Waals surface area contributed by atoms with E-state index in [1.165, 1.54) is 4.31 Å². The lowest BCUT2D eigenvalue weighted by Gasteiger charge is -2.28. The molecule has 0 spiro atoms. The number of hydrogen-bond acceptors (Lipinski definition) is 5. The van der Waals surface area contributed by atoms with Gasteiger partial charge in [-0.3, -0.25) is 4.79 Å². The average molecular weight is 419 g/mol. The number of carbonyl (C=O) groups excluding carboxylic acids is 1. The molecule has 0 aliphatic carbocycles. The standard InChI is InChI=1S/C21H26N2O5S/c1-16-5-3-4-6-20(16)28-15-21(24)22-10-12-29(25,26)23-11-9-17-13-19(27-2)8-7-18(17)14-23/h3-8,13H,9-12,14-15H2,1-2H3,(H,22,24). The fourth-order valence-electron chi connectivity index (χ4n) is 3.23. The largest absolute Gasteiger partial charge is 0.497 e. The third-order valence-corrected chi connectivity index (χ3v) is 6.74. The van der Waals surface area contributed by atoms with Crippen molar-refractivity contribution >= 4 is 15.9 Å². The highest BCUT2D eigenvalue weighted by atomic mass is 32.2. The summed E-state index contributed by atoms with van der Waals surface area (Å²) in [5.41, 5.74) is 3.03. The predicted molar refractivity (Wildman–Crippen MR) is 111 cm³/mol. The summed E-state index contributed by atoms with van der Waals surface area (Å²) < 4.78 is 37.5. The van der Waals surface area contributed by atoms with Gasteiger partial charge in [0.15, 0.2) is 6.61 Å². The minimum atomic E-state index is -3.46. The molecular weight excluding hydrogens is 392 g/mol.